The van der Waals surface area contributed by atoms with Gasteiger partial charge in [-0.2, -0.15) is 0 Å². The van der Waals surface area contributed by atoms with Crippen molar-refractivity contribution >= 4 is 17.5 Å². The van der Waals surface area contributed by atoms with Crippen LogP contribution in [0.3, 0.4) is 0 Å². The number of nitrogens with zero attached hydrogens (tertiary/aromatic N) is 1. The number of carbonyl (C=O) groups is 2. The molecule has 0 unspecified atom stereocenters. The Morgan fingerprint density at radius 2 is 1.67 bits per heavy atom. The van der Waals surface area contributed by atoms with Gasteiger partial charge in [0.25, 0.3) is 5.91 Å². The van der Waals surface area contributed by atoms with E-state index in [-0.39, 0.29) is 24.3 Å². The molecule has 1 N–H and O–H groups in total. The van der Waals surface area contributed by atoms with E-state index in [1.54, 1.807) is 20.3 Å². The van der Waals surface area contributed by atoms with Gasteiger partial charge in [-0.3, -0.25) is 9.59 Å². The Balaban J connectivity index is 1.44. The Kier molecular flexibility index (Phi) is 6.63. The number of hydrogen-bond donors (Lipinski definition) is 1. The fraction of sp³-hybridized carbons (Fsp3) is 0.259. The van der Waals surface area contributed by atoms with E-state index in [0.717, 1.165) is 28.8 Å². The first-order valence-corrected chi connectivity index (χ1v) is 11.0. The predicted molar refractivity (Wildman–Crippen MR) is 128 cm³/mol. The van der Waals surface area contributed by atoms with Crippen LogP contribution < -0.4 is 19.7 Å². The summed E-state index contributed by atoms with van der Waals surface area (Å²) in [6, 6.07) is 20.9. The zero-order valence-electron chi connectivity index (χ0n) is 19.1. The van der Waals surface area contributed by atoms with Gasteiger partial charge in [-0.1, -0.05) is 36.4 Å². The van der Waals surface area contributed by atoms with Crippen molar-refractivity contribution in [3.05, 3.63) is 89.0 Å². The fourth-order valence-electron chi connectivity index (χ4n) is 4.23. The summed E-state index contributed by atoms with van der Waals surface area (Å²) >= 11 is 0. The zero-order chi connectivity index (χ0) is 23.4. The van der Waals surface area contributed by atoms with Gasteiger partial charge in [0, 0.05) is 23.8 Å². The molecule has 0 aromatic heterocycles. The third-order valence-corrected chi connectivity index (χ3v) is 5.91. The van der Waals surface area contributed by atoms with Gasteiger partial charge in [-0.05, 0) is 60.4 Å². The number of fused-ring (bicyclic) bond motifs is 1. The molecule has 0 aliphatic carbocycles. The molecule has 6 heteroatoms. The molecule has 3 aromatic carbocycles. The smallest absolute Gasteiger partial charge is 0.258 e. The van der Waals surface area contributed by atoms with Crippen molar-refractivity contribution in [3.8, 4) is 11.5 Å². The number of rotatable bonds is 7. The van der Waals surface area contributed by atoms with Gasteiger partial charge >= 0.3 is 0 Å². The normalized spacial score (nSPS) is 14.5. The van der Waals surface area contributed by atoms with Crippen LogP contribution in [0.1, 0.15) is 34.0 Å². The molecule has 3 aromatic rings. The lowest BCUT2D eigenvalue weighted by atomic mass is 10.1. The number of hydrogen-bond acceptors (Lipinski definition) is 4. The highest BCUT2D eigenvalue weighted by molar-refractivity contribution is 6.07. The van der Waals surface area contributed by atoms with Crippen LogP contribution in [-0.4, -0.2) is 32.1 Å². The third kappa shape index (κ3) is 4.85. The van der Waals surface area contributed by atoms with Crippen molar-refractivity contribution in [2.24, 2.45) is 0 Å². The molecule has 4 rings (SSSR count). The quantitative estimate of drug-likeness (QED) is 0.594. The number of benzene rings is 3. The van der Waals surface area contributed by atoms with E-state index in [1.807, 2.05) is 59.5 Å². The van der Waals surface area contributed by atoms with Crippen LogP contribution in [-0.2, 0) is 24.2 Å². The van der Waals surface area contributed by atoms with Gasteiger partial charge in [-0.25, -0.2) is 0 Å². The second-order valence-electron chi connectivity index (χ2n) is 8.20. The van der Waals surface area contributed by atoms with Gasteiger partial charge < -0.3 is 19.7 Å². The molecule has 0 fully saturated rings. The van der Waals surface area contributed by atoms with Crippen LogP contribution in [0.4, 0.5) is 5.69 Å². The molecule has 170 valence electrons. The van der Waals surface area contributed by atoms with Crippen LogP contribution in [0.15, 0.2) is 66.7 Å². The molecule has 0 radical (unpaired) electrons. The Morgan fingerprint density at radius 1 is 0.939 bits per heavy atom. The summed E-state index contributed by atoms with van der Waals surface area (Å²) < 4.78 is 10.6. The summed E-state index contributed by atoms with van der Waals surface area (Å²) in [6.45, 7) is 2.45. The lowest BCUT2D eigenvalue weighted by molar-refractivity contribution is -0.120. The number of amides is 2. The monoisotopic (exact) mass is 444 g/mol. The summed E-state index contributed by atoms with van der Waals surface area (Å²) in [5.41, 5.74) is 4.53. The first-order chi connectivity index (χ1) is 16.0. The predicted octanol–water partition coefficient (Wildman–Crippen LogP) is 4.15. The van der Waals surface area contributed by atoms with Crippen molar-refractivity contribution in [2.75, 3.05) is 19.1 Å². The van der Waals surface area contributed by atoms with E-state index >= 15 is 0 Å². The van der Waals surface area contributed by atoms with Crippen molar-refractivity contribution in [1.29, 1.82) is 0 Å². The van der Waals surface area contributed by atoms with E-state index in [2.05, 4.69) is 18.3 Å². The number of anilines is 1. The molecule has 33 heavy (non-hydrogen) atoms. The van der Waals surface area contributed by atoms with Gasteiger partial charge in [0.2, 0.25) is 5.91 Å². The lowest BCUT2D eigenvalue weighted by Gasteiger charge is -2.23. The molecule has 6 nitrogen and oxygen atoms in total. The summed E-state index contributed by atoms with van der Waals surface area (Å²) in [6.07, 6.45) is 1.06. The molecular formula is C27H28N2O4. The maximum atomic E-state index is 13.1. The maximum Gasteiger partial charge on any atom is 0.258 e. The van der Waals surface area contributed by atoms with Crippen LogP contribution in [0.5, 0.6) is 11.5 Å². The van der Waals surface area contributed by atoms with Gasteiger partial charge in [0.15, 0.2) is 11.5 Å². The second kappa shape index (κ2) is 9.77. The molecule has 0 spiro atoms. The van der Waals surface area contributed by atoms with Crippen LogP contribution >= 0.6 is 0 Å². The zero-order valence-corrected chi connectivity index (χ0v) is 19.1. The average Bonchev–Trinajstić information content (AvgIpc) is 3.17. The van der Waals surface area contributed by atoms with Gasteiger partial charge in [0.05, 0.1) is 20.6 Å². The molecule has 1 atom stereocenters. The van der Waals surface area contributed by atoms with E-state index in [4.69, 9.17) is 9.47 Å². The molecule has 0 saturated heterocycles. The topological polar surface area (TPSA) is 67.9 Å². The first-order valence-electron chi connectivity index (χ1n) is 11.0. The Bertz CT molecular complexity index is 1160. The van der Waals surface area contributed by atoms with E-state index in [1.165, 1.54) is 0 Å². The summed E-state index contributed by atoms with van der Waals surface area (Å²) in [4.78, 5) is 27.5. The van der Waals surface area contributed by atoms with Gasteiger partial charge in [-0.15, -0.1) is 0 Å². The lowest BCUT2D eigenvalue weighted by Crippen LogP contribution is -2.35. The largest absolute Gasteiger partial charge is 0.493 e. The first kappa shape index (κ1) is 22.4. The fourth-order valence-corrected chi connectivity index (χ4v) is 4.23. The third-order valence-electron chi connectivity index (χ3n) is 5.91. The van der Waals surface area contributed by atoms with Crippen molar-refractivity contribution in [2.45, 2.75) is 32.4 Å². The Morgan fingerprint density at radius 3 is 2.39 bits per heavy atom. The van der Waals surface area contributed by atoms with Crippen LogP contribution in [0.2, 0.25) is 0 Å². The molecule has 0 saturated carbocycles. The summed E-state index contributed by atoms with van der Waals surface area (Å²) in [5.74, 6) is 1.13. The molecule has 0 bridgehead atoms. The minimum Gasteiger partial charge on any atom is -0.493 e. The number of methoxy groups -OCH3 is 2. The van der Waals surface area contributed by atoms with Crippen molar-refractivity contribution in [3.63, 3.8) is 0 Å². The minimum absolute atomic E-state index is 0.00325. The van der Waals surface area contributed by atoms with E-state index < -0.39 is 0 Å². The highest BCUT2D eigenvalue weighted by Gasteiger charge is 2.31. The minimum atomic E-state index is -0.0895. The van der Waals surface area contributed by atoms with Gasteiger partial charge in [0.1, 0.15) is 0 Å². The Hall–Kier alpha value is -3.80. The molecule has 1 heterocycles. The summed E-state index contributed by atoms with van der Waals surface area (Å²) in [7, 11) is 3.15. The highest BCUT2D eigenvalue weighted by Crippen LogP contribution is 2.34. The second-order valence-corrected chi connectivity index (χ2v) is 8.20. The highest BCUT2D eigenvalue weighted by atomic mass is 16.5. The Labute approximate surface area is 194 Å². The number of carbonyl (C=O) groups excluding carboxylic acids is 2. The van der Waals surface area contributed by atoms with E-state index in [0.29, 0.717) is 23.6 Å². The number of ether oxygens (including phenoxy) is 2. The maximum absolute atomic E-state index is 13.1. The molecular weight excluding hydrogens is 416 g/mol. The molecule has 2 amide bonds. The van der Waals surface area contributed by atoms with Crippen LogP contribution in [0, 0.1) is 0 Å². The molecule has 1 aliphatic heterocycles. The van der Waals surface area contributed by atoms with Crippen LogP contribution in [0.25, 0.3) is 0 Å². The molecule has 1 aliphatic rings. The standard InChI is InChI=1S/C27H28N2O4/c1-18-13-22-11-9-20(14-23(22)29(18)27(31)21-7-5-4-6-8-21)17-28-26(30)16-19-10-12-24(32-2)25(15-19)33-3/h4-12,14-15,18H,13,16-17H2,1-3H3,(H,28,30)/t18-/m1/s1. The van der Waals surface area contributed by atoms with Crippen molar-refractivity contribution in [1.82, 2.24) is 5.32 Å². The SMILES string of the molecule is COc1ccc(CC(=O)NCc2ccc3c(c2)N(C(=O)c2ccccc2)[C@H](C)C3)cc1OC. The average molecular weight is 445 g/mol. The number of nitrogens with one attached hydrogen (secondary N) is 1. The van der Waals surface area contributed by atoms with Crippen molar-refractivity contribution < 1.29 is 19.1 Å². The summed E-state index contributed by atoms with van der Waals surface area (Å²) in [5, 5.41) is 2.98. The van der Waals surface area contributed by atoms with E-state index in [9.17, 15) is 9.59 Å².